The first kappa shape index (κ1) is 18.0. The average Bonchev–Trinajstić information content (AvgIpc) is 2.67. The standard InChI is InChI=1S/C21H24N2O3/c1-16-7-5-10-19(13-16)26-15-20(24)22-18-9-6-8-17(14-18)21(25)23-11-3-2-4-12-23/h5-10,13-14H,2-4,11-12,15H2,1H3,(H,22,24). The van der Waals surface area contributed by atoms with Crippen LogP contribution in [0.2, 0.25) is 0 Å². The van der Waals surface area contributed by atoms with Gasteiger partial charge in [-0.05, 0) is 62.1 Å². The minimum Gasteiger partial charge on any atom is -0.484 e. The van der Waals surface area contributed by atoms with E-state index in [4.69, 9.17) is 4.74 Å². The number of piperidine rings is 1. The maximum Gasteiger partial charge on any atom is 0.262 e. The van der Waals surface area contributed by atoms with E-state index in [1.54, 1.807) is 24.3 Å². The molecule has 1 saturated heterocycles. The van der Waals surface area contributed by atoms with Crippen LogP contribution in [0.25, 0.3) is 0 Å². The van der Waals surface area contributed by atoms with Gasteiger partial charge in [-0.1, -0.05) is 18.2 Å². The summed E-state index contributed by atoms with van der Waals surface area (Å²) in [5, 5.41) is 2.79. The molecule has 0 atom stereocenters. The zero-order valence-electron chi connectivity index (χ0n) is 15.0. The maximum absolute atomic E-state index is 12.6. The van der Waals surface area contributed by atoms with Gasteiger partial charge < -0.3 is 15.0 Å². The number of hydrogen-bond donors (Lipinski definition) is 1. The minimum atomic E-state index is -0.255. The molecule has 1 aliphatic rings. The Kier molecular flexibility index (Phi) is 5.89. The number of amides is 2. The Morgan fingerprint density at radius 1 is 1.04 bits per heavy atom. The number of carbonyl (C=O) groups excluding carboxylic acids is 2. The number of rotatable bonds is 5. The lowest BCUT2D eigenvalue weighted by Gasteiger charge is -2.26. The molecule has 0 saturated carbocycles. The fourth-order valence-electron chi connectivity index (χ4n) is 3.06. The van der Waals surface area contributed by atoms with Gasteiger partial charge in [-0.25, -0.2) is 0 Å². The summed E-state index contributed by atoms with van der Waals surface area (Å²) >= 11 is 0. The number of benzene rings is 2. The Balaban J connectivity index is 1.57. The van der Waals surface area contributed by atoms with Gasteiger partial charge in [-0.15, -0.1) is 0 Å². The molecule has 0 bridgehead atoms. The largest absolute Gasteiger partial charge is 0.484 e. The van der Waals surface area contributed by atoms with E-state index in [2.05, 4.69) is 5.32 Å². The van der Waals surface area contributed by atoms with Crippen molar-refractivity contribution in [3.05, 3.63) is 59.7 Å². The first-order valence-electron chi connectivity index (χ1n) is 9.00. The van der Waals surface area contributed by atoms with Gasteiger partial charge in [0.25, 0.3) is 11.8 Å². The Hall–Kier alpha value is -2.82. The summed E-state index contributed by atoms with van der Waals surface area (Å²) in [7, 11) is 0. The number of hydrogen-bond acceptors (Lipinski definition) is 3. The molecule has 5 heteroatoms. The van der Waals surface area contributed by atoms with Crippen LogP contribution < -0.4 is 10.1 Å². The topological polar surface area (TPSA) is 58.6 Å². The number of aryl methyl sites for hydroxylation is 1. The van der Waals surface area contributed by atoms with Gasteiger partial charge in [0.05, 0.1) is 0 Å². The molecule has 26 heavy (non-hydrogen) atoms. The van der Waals surface area contributed by atoms with Crippen molar-refractivity contribution in [3.63, 3.8) is 0 Å². The molecule has 2 aromatic rings. The lowest BCUT2D eigenvalue weighted by molar-refractivity contribution is -0.118. The van der Waals surface area contributed by atoms with Gasteiger partial charge in [0.2, 0.25) is 0 Å². The monoisotopic (exact) mass is 352 g/mol. The lowest BCUT2D eigenvalue weighted by Crippen LogP contribution is -2.35. The second-order valence-electron chi connectivity index (χ2n) is 6.59. The van der Waals surface area contributed by atoms with Crippen molar-refractivity contribution in [2.75, 3.05) is 25.0 Å². The average molecular weight is 352 g/mol. The Labute approximate surface area is 154 Å². The van der Waals surface area contributed by atoms with E-state index in [0.29, 0.717) is 17.0 Å². The Bertz CT molecular complexity index is 782. The third kappa shape index (κ3) is 4.85. The van der Waals surface area contributed by atoms with E-state index >= 15 is 0 Å². The summed E-state index contributed by atoms with van der Waals surface area (Å²) in [6, 6.07) is 14.6. The summed E-state index contributed by atoms with van der Waals surface area (Å²) in [5.74, 6) is 0.431. The molecule has 2 aromatic carbocycles. The number of anilines is 1. The first-order chi connectivity index (χ1) is 12.6. The molecule has 0 unspecified atom stereocenters. The van der Waals surface area contributed by atoms with Crippen LogP contribution in [-0.2, 0) is 4.79 Å². The number of carbonyl (C=O) groups is 2. The molecule has 136 valence electrons. The molecule has 3 rings (SSSR count). The number of nitrogens with one attached hydrogen (secondary N) is 1. The predicted molar refractivity (Wildman–Crippen MR) is 102 cm³/mol. The second-order valence-corrected chi connectivity index (χ2v) is 6.59. The third-order valence-corrected chi connectivity index (χ3v) is 4.40. The molecule has 5 nitrogen and oxygen atoms in total. The van der Waals surface area contributed by atoms with Crippen LogP contribution in [0.15, 0.2) is 48.5 Å². The van der Waals surface area contributed by atoms with Crippen molar-refractivity contribution < 1.29 is 14.3 Å². The molecular weight excluding hydrogens is 328 g/mol. The SMILES string of the molecule is Cc1cccc(OCC(=O)Nc2cccc(C(=O)N3CCCCC3)c2)c1. The number of ether oxygens (including phenoxy) is 1. The molecule has 1 aliphatic heterocycles. The predicted octanol–water partition coefficient (Wildman–Crippen LogP) is 3.64. The van der Waals surface area contributed by atoms with Crippen LogP contribution in [-0.4, -0.2) is 36.4 Å². The van der Waals surface area contributed by atoms with Crippen LogP contribution in [0, 0.1) is 6.92 Å². The molecule has 1 heterocycles. The normalized spacial score (nSPS) is 14.0. The molecule has 1 N–H and O–H groups in total. The van der Waals surface area contributed by atoms with Gasteiger partial charge >= 0.3 is 0 Å². The third-order valence-electron chi connectivity index (χ3n) is 4.40. The first-order valence-corrected chi connectivity index (χ1v) is 9.00. The summed E-state index contributed by atoms with van der Waals surface area (Å²) in [4.78, 5) is 26.6. The molecule has 0 aromatic heterocycles. The van der Waals surface area contributed by atoms with Crippen molar-refractivity contribution in [1.29, 1.82) is 0 Å². The van der Waals surface area contributed by atoms with Crippen LogP contribution in [0.1, 0.15) is 35.2 Å². The second kappa shape index (κ2) is 8.52. The van der Waals surface area contributed by atoms with Gasteiger partial charge in [0.1, 0.15) is 5.75 Å². The zero-order chi connectivity index (χ0) is 18.4. The van der Waals surface area contributed by atoms with Crippen molar-refractivity contribution in [1.82, 2.24) is 4.90 Å². The maximum atomic E-state index is 12.6. The van der Waals surface area contributed by atoms with Gasteiger partial charge in [0.15, 0.2) is 6.61 Å². The highest BCUT2D eigenvalue weighted by molar-refractivity contribution is 5.97. The van der Waals surface area contributed by atoms with E-state index < -0.39 is 0 Å². The molecule has 0 aliphatic carbocycles. The summed E-state index contributed by atoms with van der Waals surface area (Å²) < 4.78 is 5.51. The molecule has 0 spiro atoms. The van der Waals surface area contributed by atoms with E-state index in [0.717, 1.165) is 31.5 Å². The van der Waals surface area contributed by atoms with Crippen molar-refractivity contribution >= 4 is 17.5 Å². The molecule has 2 amide bonds. The zero-order valence-corrected chi connectivity index (χ0v) is 15.0. The van der Waals surface area contributed by atoms with Crippen LogP contribution in [0.5, 0.6) is 5.75 Å². The van der Waals surface area contributed by atoms with Crippen LogP contribution in [0.3, 0.4) is 0 Å². The Morgan fingerprint density at radius 3 is 2.58 bits per heavy atom. The van der Waals surface area contributed by atoms with Crippen molar-refractivity contribution in [3.8, 4) is 5.75 Å². The number of likely N-dealkylation sites (tertiary alicyclic amines) is 1. The fraction of sp³-hybridized carbons (Fsp3) is 0.333. The summed E-state index contributed by atoms with van der Waals surface area (Å²) in [5.41, 5.74) is 2.28. The highest BCUT2D eigenvalue weighted by Crippen LogP contribution is 2.17. The van der Waals surface area contributed by atoms with E-state index in [-0.39, 0.29) is 18.4 Å². The van der Waals surface area contributed by atoms with E-state index in [1.165, 1.54) is 6.42 Å². The quantitative estimate of drug-likeness (QED) is 0.894. The summed E-state index contributed by atoms with van der Waals surface area (Å²) in [6.07, 6.45) is 3.29. The van der Waals surface area contributed by atoms with Crippen molar-refractivity contribution in [2.45, 2.75) is 26.2 Å². The highest BCUT2D eigenvalue weighted by Gasteiger charge is 2.18. The summed E-state index contributed by atoms with van der Waals surface area (Å²) in [6.45, 7) is 3.50. The molecule has 1 fully saturated rings. The smallest absolute Gasteiger partial charge is 0.262 e. The van der Waals surface area contributed by atoms with Gasteiger partial charge in [-0.3, -0.25) is 9.59 Å². The van der Waals surface area contributed by atoms with Gasteiger partial charge in [-0.2, -0.15) is 0 Å². The number of nitrogens with zero attached hydrogens (tertiary/aromatic N) is 1. The van der Waals surface area contributed by atoms with Crippen molar-refractivity contribution in [2.24, 2.45) is 0 Å². The highest BCUT2D eigenvalue weighted by atomic mass is 16.5. The van der Waals surface area contributed by atoms with Crippen LogP contribution in [0.4, 0.5) is 5.69 Å². The lowest BCUT2D eigenvalue weighted by atomic mass is 10.1. The van der Waals surface area contributed by atoms with Gasteiger partial charge in [0, 0.05) is 24.3 Å². The molecule has 0 radical (unpaired) electrons. The Morgan fingerprint density at radius 2 is 1.81 bits per heavy atom. The fourth-order valence-corrected chi connectivity index (χ4v) is 3.06. The minimum absolute atomic E-state index is 0.0248. The molecular formula is C21H24N2O3. The van der Waals surface area contributed by atoms with Crippen LogP contribution >= 0.6 is 0 Å². The van der Waals surface area contributed by atoms with E-state index in [9.17, 15) is 9.59 Å². The van der Waals surface area contributed by atoms with E-state index in [1.807, 2.05) is 36.1 Å².